The van der Waals surface area contributed by atoms with Crippen LogP contribution in [0.3, 0.4) is 0 Å². The van der Waals surface area contributed by atoms with E-state index >= 15 is 0 Å². The standard InChI is InChI=1S/C12H20N4/c1-2-16(9-3-4-12(13)14)10-11-5-7-15-8-6-11/h5-8H,2-4,9-10H2,1H3,(H3,13,14). The van der Waals surface area contributed by atoms with E-state index in [1.165, 1.54) is 5.56 Å². The van der Waals surface area contributed by atoms with Crippen molar-refractivity contribution < 1.29 is 0 Å². The number of pyridine rings is 1. The summed E-state index contributed by atoms with van der Waals surface area (Å²) in [6.45, 7) is 5.09. The van der Waals surface area contributed by atoms with Gasteiger partial charge >= 0.3 is 0 Å². The van der Waals surface area contributed by atoms with E-state index in [4.69, 9.17) is 11.1 Å². The minimum absolute atomic E-state index is 0.278. The summed E-state index contributed by atoms with van der Waals surface area (Å²) < 4.78 is 0. The first kappa shape index (κ1) is 12.6. The van der Waals surface area contributed by atoms with Crippen LogP contribution in [0, 0.1) is 5.41 Å². The lowest BCUT2D eigenvalue weighted by Crippen LogP contribution is -2.25. The van der Waals surface area contributed by atoms with Gasteiger partial charge in [-0.2, -0.15) is 0 Å². The van der Waals surface area contributed by atoms with E-state index in [9.17, 15) is 0 Å². The molecule has 1 aromatic heterocycles. The van der Waals surface area contributed by atoms with Crippen LogP contribution in [0.5, 0.6) is 0 Å². The van der Waals surface area contributed by atoms with E-state index in [0.717, 1.165) is 26.1 Å². The van der Waals surface area contributed by atoms with E-state index in [2.05, 4.69) is 16.8 Å². The lowest BCUT2D eigenvalue weighted by atomic mass is 10.2. The number of nitrogens with two attached hydrogens (primary N) is 1. The van der Waals surface area contributed by atoms with Crippen LogP contribution < -0.4 is 5.73 Å². The van der Waals surface area contributed by atoms with Crippen LogP contribution in [0.2, 0.25) is 0 Å². The third kappa shape index (κ3) is 4.89. The number of hydrogen-bond acceptors (Lipinski definition) is 3. The van der Waals surface area contributed by atoms with Crippen LogP contribution in [-0.2, 0) is 6.54 Å². The van der Waals surface area contributed by atoms with Gasteiger partial charge in [-0.25, -0.2) is 0 Å². The Bertz CT molecular complexity index is 310. The molecule has 0 fully saturated rings. The molecule has 1 heterocycles. The van der Waals surface area contributed by atoms with Gasteiger partial charge in [0.2, 0.25) is 0 Å². The van der Waals surface area contributed by atoms with Gasteiger partial charge in [0.15, 0.2) is 0 Å². The van der Waals surface area contributed by atoms with Gasteiger partial charge in [-0.1, -0.05) is 6.92 Å². The molecule has 0 aliphatic carbocycles. The summed E-state index contributed by atoms with van der Waals surface area (Å²) >= 11 is 0. The highest BCUT2D eigenvalue weighted by molar-refractivity contribution is 5.76. The molecule has 0 saturated heterocycles. The van der Waals surface area contributed by atoms with Gasteiger partial charge in [0.1, 0.15) is 0 Å². The van der Waals surface area contributed by atoms with Gasteiger partial charge in [-0.3, -0.25) is 15.3 Å². The van der Waals surface area contributed by atoms with E-state index in [1.807, 2.05) is 24.5 Å². The Kier molecular flexibility index (Phi) is 5.50. The summed E-state index contributed by atoms with van der Waals surface area (Å²) in [5.41, 5.74) is 6.61. The normalized spacial score (nSPS) is 10.6. The maximum Gasteiger partial charge on any atom is 0.0905 e. The fourth-order valence-electron chi connectivity index (χ4n) is 1.59. The van der Waals surface area contributed by atoms with Crippen LogP contribution in [0.4, 0.5) is 0 Å². The predicted molar refractivity (Wildman–Crippen MR) is 66.3 cm³/mol. The molecule has 0 atom stereocenters. The molecule has 4 heteroatoms. The van der Waals surface area contributed by atoms with Gasteiger partial charge in [0.25, 0.3) is 0 Å². The largest absolute Gasteiger partial charge is 0.388 e. The monoisotopic (exact) mass is 220 g/mol. The Balaban J connectivity index is 2.34. The second-order valence-corrected chi connectivity index (χ2v) is 3.85. The molecule has 0 bridgehead atoms. The van der Waals surface area contributed by atoms with E-state index in [0.29, 0.717) is 6.42 Å². The van der Waals surface area contributed by atoms with E-state index < -0.39 is 0 Å². The van der Waals surface area contributed by atoms with Crippen LogP contribution in [0.1, 0.15) is 25.3 Å². The molecule has 0 aliphatic heterocycles. The van der Waals surface area contributed by atoms with E-state index in [-0.39, 0.29) is 5.84 Å². The number of hydrogen-bond donors (Lipinski definition) is 2. The Labute approximate surface area is 97.0 Å². The van der Waals surface area contributed by atoms with Crippen molar-refractivity contribution in [1.82, 2.24) is 9.88 Å². The average molecular weight is 220 g/mol. The summed E-state index contributed by atoms with van der Waals surface area (Å²) in [5, 5.41) is 7.17. The molecular weight excluding hydrogens is 200 g/mol. The van der Waals surface area contributed by atoms with Crippen molar-refractivity contribution in [2.45, 2.75) is 26.3 Å². The molecule has 16 heavy (non-hydrogen) atoms. The lowest BCUT2D eigenvalue weighted by Gasteiger charge is -2.20. The topological polar surface area (TPSA) is 66.0 Å². The molecule has 0 unspecified atom stereocenters. The van der Waals surface area contributed by atoms with Crippen LogP contribution >= 0.6 is 0 Å². The summed E-state index contributed by atoms with van der Waals surface area (Å²) in [6, 6.07) is 4.07. The Morgan fingerprint density at radius 1 is 1.44 bits per heavy atom. The maximum absolute atomic E-state index is 7.17. The van der Waals surface area contributed by atoms with Gasteiger partial charge < -0.3 is 5.73 Å². The first-order chi connectivity index (χ1) is 7.72. The fourth-order valence-corrected chi connectivity index (χ4v) is 1.59. The molecule has 0 aliphatic rings. The van der Waals surface area contributed by atoms with Crippen LogP contribution in [0.15, 0.2) is 24.5 Å². The van der Waals surface area contributed by atoms with Crippen molar-refractivity contribution in [2.75, 3.05) is 13.1 Å². The molecule has 0 spiro atoms. The summed E-state index contributed by atoms with van der Waals surface area (Å²) in [4.78, 5) is 6.35. The number of rotatable bonds is 7. The second kappa shape index (κ2) is 6.95. The molecule has 0 radical (unpaired) electrons. The number of nitrogens with zero attached hydrogens (tertiary/aromatic N) is 2. The Hall–Kier alpha value is -1.42. The fraction of sp³-hybridized carbons (Fsp3) is 0.500. The van der Waals surface area contributed by atoms with Crippen molar-refractivity contribution in [3.05, 3.63) is 30.1 Å². The molecule has 1 rings (SSSR count). The number of nitrogens with one attached hydrogen (secondary N) is 1. The summed E-state index contributed by atoms with van der Waals surface area (Å²) in [6.07, 6.45) is 5.28. The van der Waals surface area contributed by atoms with Crippen molar-refractivity contribution in [1.29, 1.82) is 5.41 Å². The van der Waals surface area contributed by atoms with Crippen molar-refractivity contribution in [3.8, 4) is 0 Å². The molecule has 1 aromatic rings. The third-order valence-corrected chi connectivity index (χ3v) is 2.52. The van der Waals surface area contributed by atoms with Crippen molar-refractivity contribution in [2.24, 2.45) is 5.73 Å². The molecular formula is C12H20N4. The molecule has 4 nitrogen and oxygen atoms in total. The molecule has 0 saturated carbocycles. The summed E-state index contributed by atoms with van der Waals surface area (Å²) in [5.74, 6) is 0.278. The van der Waals surface area contributed by atoms with Crippen LogP contribution in [0.25, 0.3) is 0 Å². The molecule has 88 valence electrons. The minimum Gasteiger partial charge on any atom is -0.388 e. The predicted octanol–water partition coefficient (Wildman–Crippen LogP) is 1.62. The molecule has 0 aromatic carbocycles. The highest BCUT2D eigenvalue weighted by Gasteiger charge is 2.03. The smallest absolute Gasteiger partial charge is 0.0905 e. The van der Waals surface area contributed by atoms with Crippen LogP contribution in [-0.4, -0.2) is 28.8 Å². The number of aromatic nitrogens is 1. The molecule has 3 N–H and O–H groups in total. The first-order valence-electron chi connectivity index (χ1n) is 5.66. The maximum atomic E-state index is 7.17. The summed E-state index contributed by atoms with van der Waals surface area (Å²) in [7, 11) is 0. The van der Waals surface area contributed by atoms with Crippen molar-refractivity contribution in [3.63, 3.8) is 0 Å². The third-order valence-electron chi connectivity index (χ3n) is 2.52. The minimum atomic E-state index is 0.278. The SMILES string of the molecule is CCN(CCCC(=N)N)Cc1ccncc1. The highest BCUT2D eigenvalue weighted by Crippen LogP contribution is 2.04. The average Bonchev–Trinajstić information content (AvgIpc) is 2.28. The zero-order valence-electron chi connectivity index (χ0n) is 9.82. The quantitative estimate of drug-likeness (QED) is 0.542. The van der Waals surface area contributed by atoms with Gasteiger partial charge in [0.05, 0.1) is 5.84 Å². The molecule has 0 amide bonds. The van der Waals surface area contributed by atoms with Gasteiger partial charge in [-0.15, -0.1) is 0 Å². The Morgan fingerprint density at radius 3 is 2.69 bits per heavy atom. The highest BCUT2D eigenvalue weighted by atomic mass is 15.1. The van der Waals surface area contributed by atoms with E-state index in [1.54, 1.807) is 0 Å². The zero-order valence-corrected chi connectivity index (χ0v) is 9.82. The zero-order chi connectivity index (χ0) is 11.8. The second-order valence-electron chi connectivity index (χ2n) is 3.85. The van der Waals surface area contributed by atoms with Crippen molar-refractivity contribution >= 4 is 5.84 Å². The first-order valence-corrected chi connectivity index (χ1v) is 5.66. The Morgan fingerprint density at radius 2 is 2.12 bits per heavy atom. The number of amidine groups is 1. The van der Waals surface area contributed by atoms with Gasteiger partial charge in [-0.05, 0) is 37.2 Å². The van der Waals surface area contributed by atoms with Gasteiger partial charge in [0, 0.05) is 25.4 Å². The lowest BCUT2D eigenvalue weighted by molar-refractivity contribution is 0.278.